The molecule has 0 aliphatic rings. The van der Waals surface area contributed by atoms with E-state index in [1.165, 1.54) is 16.0 Å². The number of hydrogen-bond donors (Lipinski definition) is 2. The van der Waals surface area contributed by atoms with E-state index in [1.807, 2.05) is 45.0 Å². The maximum absolute atomic E-state index is 13.0. The Morgan fingerprint density at radius 2 is 1.62 bits per heavy atom. The average molecular weight is 477 g/mol. The van der Waals surface area contributed by atoms with Gasteiger partial charge in [0.05, 0.1) is 6.61 Å². The van der Waals surface area contributed by atoms with E-state index in [-0.39, 0.29) is 17.7 Å². The molecule has 0 bridgehead atoms. The summed E-state index contributed by atoms with van der Waals surface area (Å²) >= 11 is 1.70. The Morgan fingerprint density at radius 3 is 2.24 bits per heavy atom. The van der Waals surface area contributed by atoms with Crippen molar-refractivity contribution in [3.63, 3.8) is 0 Å². The zero-order valence-corrected chi connectivity index (χ0v) is 21.2. The zero-order chi connectivity index (χ0) is 24.7. The number of carbonyl (C=O) groups is 2. The molecule has 0 aliphatic heterocycles. The van der Waals surface area contributed by atoms with Crippen molar-refractivity contribution in [1.82, 2.24) is 5.32 Å². The van der Waals surface area contributed by atoms with Crippen LogP contribution >= 0.6 is 11.8 Å². The van der Waals surface area contributed by atoms with Gasteiger partial charge in [0.1, 0.15) is 11.8 Å². The molecule has 2 amide bonds. The quantitative estimate of drug-likeness (QED) is 0.383. The lowest BCUT2D eigenvalue weighted by Crippen LogP contribution is -2.47. The summed E-state index contributed by atoms with van der Waals surface area (Å²) in [5.41, 5.74) is 3.63. The van der Waals surface area contributed by atoms with Crippen LogP contribution < -0.4 is 15.4 Å². The van der Waals surface area contributed by atoms with Crippen molar-refractivity contribution in [3.05, 3.63) is 83.4 Å². The van der Waals surface area contributed by atoms with Crippen LogP contribution in [0.25, 0.3) is 0 Å². The van der Waals surface area contributed by atoms with E-state index in [0.29, 0.717) is 23.6 Å². The third kappa shape index (κ3) is 6.87. The number of ether oxygens (including phenoxy) is 1. The van der Waals surface area contributed by atoms with Crippen molar-refractivity contribution in [2.24, 2.45) is 5.92 Å². The number of amides is 2. The summed E-state index contributed by atoms with van der Waals surface area (Å²) in [6.45, 7) is 10.5. The molecule has 0 radical (unpaired) electrons. The molecule has 0 spiro atoms. The van der Waals surface area contributed by atoms with Gasteiger partial charge < -0.3 is 15.4 Å². The Balaban J connectivity index is 1.63. The van der Waals surface area contributed by atoms with Crippen molar-refractivity contribution in [3.8, 4) is 5.75 Å². The minimum absolute atomic E-state index is 0.0780. The maximum Gasteiger partial charge on any atom is 0.251 e. The topological polar surface area (TPSA) is 67.4 Å². The smallest absolute Gasteiger partial charge is 0.251 e. The summed E-state index contributed by atoms with van der Waals surface area (Å²) < 4.78 is 5.42. The molecule has 0 saturated carbocycles. The molecule has 178 valence electrons. The highest BCUT2D eigenvalue weighted by atomic mass is 32.2. The van der Waals surface area contributed by atoms with Crippen LogP contribution in [-0.2, 0) is 4.79 Å². The second kappa shape index (κ2) is 11.7. The first-order valence-electron chi connectivity index (χ1n) is 11.5. The van der Waals surface area contributed by atoms with Gasteiger partial charge in [-0.2, -0.15) is 0 Å². The van der Waals surface area contributed by atoms with E-state index in [1.54, 1.807) is 36.0 Å². The fourth-order valence-electron chi connectivity index (χ4n) is 3.40. The molecule has 1 unspecified atom stereocenters. The van der Waals surface area contributed by atoms with E-state index in [0.717, 1.165) is 4.90 Å². The monoisotopic (exact) mass is 476 g/mol. The summed E-state index contributed by atoms with van der Waals surface area (Å²) in [6.07, 6.45) is 0. The first-order chi connectivity index (χ1) is 16.3. The van der Waals surface area contributed by atoms with Crippen molar-refractivity contribution in [2.75, 3.05) is 11.9 Å². The Bertz CT molecular complexity index is 1130. The van der Waals surface area contributed by atoms with E-state index >= 15 is 0 Å². The van der Waals surface area contributed by atoms with Gasteiger partial charge >= 0.3 is 0 Å². The number of rotatable bonds is 9. The minimum Gasteiger partial charge on any atom is -0.494 e. The van der Waals surface area contributed by atoms with Gasteiger partial charge in [-0.25, -0.2) is 0 Å². The third-order valence-electron chi connectivity index (χ3n) is 5.36. The third-order valence-corrected chi connectivity index (χ3v) is 6.52. The second-order valence-electron chi connectivity index (χ2n) is 8.54. The van der Waals surface area contributed by atoms with Crippen molar-refractivity contribution in [2.45, 2.75) is 50.5 Å². The second-order valence-corrected chi connectivity index (χ2v) is 9.65. The molecule has 0 aromatic heterocycles. The molecule has 1 atom stereocenters. The van der Waals surface area contributed by atoms with Crippen LogP contribution in [-0.4, -0.2) is 24.5 Å². The molecular weight excluding hydrogens is 444 g/mol. The van der Waals surface area contributed by atoms with Crippen LogP contribution in [0.15, 0.2) is 76.5 Å². The van der Waals surface area contributed by atoms with Crippen LogP contribution in [0.3, 0.4) is 0 Å². The zero-order valence-electron chi connectivity index (χ0n) is 20.3. The number of hydrogen-bond acceptors (Lipinski definition) is 4. The van der Waals surface area contributed by atoms with Crippen LogP contribution in [0.4, 0.5) is 5.69 Å². The van der Waals surface area contributed by atoms with Gasteiger partial charge in [0.15, 0.2) is 0 Å². The molecule has 2 N–H and O–H groups in total. The van der Waals surface area contributed by atoms with E-state index < -0.39 is 6.04 Å². The lowest BCUT2D eigenvalue weighted by Gasteiger charge is -2.22. The van der Waals surface area contributed by atoms with Crippen LogP contribution in [0.5, 0.6) is 5.75 Å². The molecule has 0 saturated heterocycles. The Morgan fingerprint density at radius 1 is 0.941 bits per heavy atom. The molecule has 3 aromatic rings. The summed E-state index contributed by atoms with van der Waals surface area (Å²) in [7, 11) is 0. The molecule has 0 fully saturated rings. The van der Waals surface area contributed by atoms with Crippen molar-refractivity contribution in [1.29, 1.82) is 0 Å². The molecule has 3 rings (SSSR count). The van der Waals surface area contributed by atoms with Gasteiger partial charge in [-0.15, -0.1) is 0 Å². The summed E-state index contributed by atoms with van der Waals surface area (Å²) in [5, 5.41) is 5.80. The maximum atomic E-state index is 13.0. The normalized spacial score (nSPS) is 11.7. The van der Waals surface area contributed by atoms with Crippen LogP contribution in [0.2, 0.25) is 0 Å². The van der Waals surface area contributed by atoms with Crippen molar-refractivity contribution < 1.29 is 14.3 Å². The molecular formula is C28H32N2O3S. The molecule has 6 heteroatoms. The molecule has 0 aliphatic carbocycles. The largest absolute Gasteiger partial charge is 0.494 e. The number of aryl methyl sites for hydroxylation is 2. The first-order valence-corrected chi connectivity index (χ1v) is 12.3. The number of benzene rings is 3. The molecule has 3 aromatic carbocycles. The van der Waals surface area contributed by atoms with Gasteiger partial charge in [-0.1, -0.05) is 37.7 Å². The van der Waals surface area contributed by atoms with Gasteiger partial charge in [0.2, 0.25) is 5.91 Å². The lowest BCUT2D eigenvalue weighted by molar-refractivity contribution is -0.118. The van der Waals surface area contributed by atoms with E-state index in [4.69, 9.17) is 4.74 Å². The van der Waals surface area contributed by atoms with Gasteiger partial charge in [-0.05, 0) is 92.4 Å². The van der Waals surface area contributed by atoms with Crippen LogP contribution in [0, 0.1) is 19.8 Å². The van der Waals surface area contributed by atoms with Crippen LogP contribution in [0.1, 0.15) is 42.3 Å². The summed E-state index contributed by atoms with van der Waals surface area (Å²) in [6, 6.07) is 20.4. The minimum atomic E-state index is -0.664. The molecule has 34 heavy (non-hydrogen) atoms. The Hall–Kier alpha value is -3.25. The number of nitrogens with one attached hydrogen (secondary N) is 2. The lowest BCUT2D eigenvalue weighted by atomic mass is 10.0. The van der Waals surface area contributed by atoms with Gasteiger partial charge in [0.25, 0.3) is 5.91 Å². The first kappa shape index (κ1) is 25.4. The number of carbonyl (C=O) groups excluding carboxylic acids is 2. The average Bonchev–Trinajstić information content (AvgIpc) is 2.81. The Labute approximate surface area is 206 Å². The van der Waals surface area contributed by atoms with E-state index in [9.17, 15) is 9.59 Å². The predicted molar refractivity (Wildman–Crippen MR) is 139 cm³/mol. The highest BCUT2D eigenvalue weighted by molar-refractivity contribution is 7.99. The van der Waals surface area contributed by atoms with Gasteiger partial charge in [0, 0.05) is 21.0 Å². The molecule has 0 heterocycles. The highest BCUT2D eigenvalue weighted by Crippen LogP contribution is 2.31. The van der Waals surface area contributed by atoms with Crippen molar-refractivity contribution >= 4 is 29.3 Å². The highest BCUT2D eigenvalue weighted by Gasteiger charge is 2.25. The SMILES string of the molecule is CCOc1ccc(C(=O)NC(C(=O)Nc2ccc(Sc3cc(C)ccc3C)cc2)C(C)C)cc1. The van der Waals surface area contributed by atoms with E-state index in [2.05, 4.69) is 42.7 Å². The summed E-state index contributed by atoms with van der Waals surface area (Å²) in [5.74, 6) is 0.0866. The number of anilines is 1. The molecule has 5 nitrogen and oxygen atoms in total. The standard InChI is InChI=1S/C28H32N2O3S/c1-6-33-23-13-9-21(10-14-23)27(31)30-26(18(2)3)28(32)29-22-11-15-24(16-12-22)34-25-17-19(4)7-8-20(25)5/h7-18,26H,6H2,1-5H3,(H,29,32)(H,30,31). The predicted octanol–water partition coefficient (Wildman–Crippen LogP) is 6.25. The van der Waals surface area contributed by atoms with Gasteiger partial charge in [-0.3, -0.25) is 9.59 Å². The fraction of sp³-hybridized carbons (Fsp3) is 0.286. The Kier molecular flexibility index (Phi) is 8.77. The summed E-state index contributed by atoms with van der Waals surface area (Å²) in [4.78, 5) is 28.0. The fourth-order valence-corrected chi connectivity index (χ4v) is 4.40.